The van der Waals surface area contributed by atoms with Crippen LogP contribution in [0.3, 0.4) is 0 Å². The average molecular weight is 263 g/mol. The van der Waals surface area contributed by atoms with E-state index in [1.807, 2.05) is 0 Å². The van der Waals surface area contributed by atoms with Gasteiger partial charge in [0.1, 0.15) is 11.8 Å². The SMILES string of the molecule is CC(=O)SCC#Cc1ccc(C=O)cc1[N+](=O)[O-]. The Morgan fingerprint density at radius 1 is 1.56 bits per heavy atom. The zero-order valence-corrected chi connectivity index (χ0v) is 10.3. The van der Waals surface area contributed by atoms with Crippen molar-refractivity contribution in [2.24, 2.45) is 0 Å². The van der Waals surface area contributed by atoms with Gasteiger partial charge in [0.15, 0.2) is 5.12 Å². The lowest BCUT2D eigenvalue weighted by atomic mass is 10.1. The molecular formula is C12H9NO4S. The van der Waals surface area contributed by atoms with Gasteiger partial charge in [0.2, 0.25) is 0 Å². The van der Waals surface area contributed by atoms with Gasteiger partial charge in [-0.3, -0.25) is 19.7 Å². The number of hydrogen-bond acceptors (Lipinski definition) is 5. The number of carbonyl (C=O) groups is 2. The van der Waals surface area contributed by atoms with Crippen molar-refractivity contribution in [3.63, 3.8) is 0 Å². The fourth-order valence-corrected chi connectivity index (χ4v) is 1.50. The summed E-state index contributed by atoms with van der Waals surface area (Å²) in [6, 6.07) is 4.06. The largest absolute Gasteiger partial charge is 0.298 e. The minimum absolute atomic E-state index is 0.0601. The molecule has 0 aliphatic heterocycles. The highest BCUT2D eigenvalue weighted by atomic mass is 32.2. The summed E-state index contributed by atoms with van der Waals surface area (Å²) in [5.74, 6) is 5.57. The number of aldehydes is 1. The van der Waals surface area contributed by atoms with Crippen molar-refractivity contribution >= 4 is 28.9 Å². The molecule has 92 valence electrons. The van der Waals surface area contributed by atoms with Crippen molar-refractivity contribution < 1.29 is 14.5 Å². The lowest BCUT2D eigenvalue weighted by Crippen LogP contribution is -1.94. The van der Waals surface area contributed by atoms with Crippen LogP contribution in [-0.2, 0) is 4.79 Å². The summed E-state index contributed by atoms with van der Waals surface area (Å²) >= 11 is 1.03. The Labute approximate surface area is 108 Å². The Balaban J connectivity index is 2.97. The molecule has 1 aromatic carbocycles. The zero-order valence-electron chi connectivity index (χ0n) is 9.50. The summed E-state index contributed by atoms with van der Waals surface area (Å²) < 4.78 is 0. The molecule has 0 aliphatic carbocycles. The second-order valence-electron chi connectivity index (χ2n) is 3.23. The van der Waals surface area contributed by atoms with E-state index in [9.17, 15) is 19.7 Å². The number of rotatable bonds is 3. The molecule has 1 aromatic rings. The van der Waals surface area contributed by atoms with Crippen molar-refractivity contribution in [3.05, 3.63) is 39.4 Å². The maximum Gasteiger partial charge on any atom is 0.285 e. The minimum atomic E-state index is -0.588. The molecule has 0 spiro atoms. The third kappa shape index (κ3) is 4.03. The normalized spacial score (nSPS) is 9.17. The van der Waals surface area contributed by atoms with E-state index in [-0.39, 0.29) is 27.7 Å². The van der Waals surface area contributed by atoms with Crippen molar-refractivity contribution in [1.82, 2.24) is 0 Å². The van der Waals surface area contributed by atoms with E-state index in [4.69, 9.17) is 0 Å². The summed E-state index contributed by atoms with van der Waals surface area (Å²) in [4.78, 5) is 31.4. The van der Waals surface area contributed by atoms with E-state index in [0.29, 0.717) is 6.29 Å². The van der Waals surface area contributed by atoms with Gasteiger partial charge in [0, 0.05) is 18.6 Å². The Morgan fingerprint density at radius 2 is 2.28 bits per heavy atom. The molecular weight excluding hydrogens is 254 g/mol. The van der Waals surface area contributed by atoms with Gasteiger partial charge in [-0.25, -0.2) is 0 Å². The molecule has 0 N–H and O–H groups in total. The van der Waals surface area contributed by atoms with Crippen molar-refractivity contribution in [2.75, 3.05) is 5.75 Å². The summed E-state index contributed by atoms with van der Waals surface area (Å²) in [5.41, 5.74) is 0.250. The molecule has 0 unspecified atom stereocenters. The van der Waals surface area contributed by atoms with Crippen molar-refractivity contribution in [3.8, 4) is 11.8 Å². The first kappa shape index (κ1) is 13.9. The highest BCUT2D eigenvalue weighted by Gasteiger charge is 2.12. The van der Waals surface area contributed by atoms with Crippen molar-refractivity contribution in [2.45, 2.75) is 6.92 Å². The second-order valence-corrected chi connectivity index (χ2v) is 4.39. The van der Waals surface area contributed by atoms with Crippen LogP contribution < -0.4 is 0 Å². The van der Waals surface area contributed by atoms with Crippen LogP contribution >= 0.6 is 11.8 Å². The zero-order chi connectivity index (χ0) is 13.5. The quantitative estimate of drug-likeness (QED) is 0.361. The lowest BCUT2D eigenvalue weighted by Gasteiger charge is -1.96. The molecule has 0 atom stereocenters. The van der Waals surface area contributed by atoms with Crippen LogP contribution in [0.25, 0.3) is 0 Å². The Kier molecular flexibility index (Phi) is 5.08. The summed E-state index contributed by atoms with van der Waals surface area (Å²) in [6.07, 6.45) is 0.538. The van der Waals surface area contributed by atoms with Gasteiger partial charge in [-0.1, -0.05) is 23.6 Å². The third-order valence-corrected chi connectivity index (χ3v) is 2.62. The van der Waals surface area contributed by atoms with Crippen LogP contribution in [0, 0.1) is 22.0 Å². The summed E-state index contributed by atoms with van der Waals surface area (Å²) in [6.45, 7) is 1.42. The maximum atomic E-state index is 10.8. The van der Waals surface area contributed by atoms with Gasteiger partial charge in [-0.2, -0.15) is 0 Å². The molecule has 0 amide bonds. The summed E-state index contributed by atoms with van der Waals surface area (Å²) in [5, 5.41) is 10.7. The molecule has 0 radical (unpaired) electrons. The van der Waals surface area contributed by atoms with Gasteiger partial charge >= 0.3 is 0 Å². The molecule has 6 heteroatoms. The molecule has 0 heterocycles. The standard InChI is InChI=1S/C12H9NO4S/c1-9(15)18-6-2-3-11-5-4-10(8-14)7-12(11)13(16)17/h4-5,7-8H,6H2,1H3. The number of thioether (sulfide) groups is 1. The fraction of sp³-hybridized carbons (Fsp3) is 0.167. The van der Waals surface area contributed by atoms with Crippen LogP contribution in [0.4, 0.5) is 5.69 Å². The minimum Gasteiger partial charge on any atom is -0.298 e. The molecule has 0 aliphatic rings. The number of nitro benzene ring substituents is 1. The van der Waals surface area contributed by atoms with E-state index >= 15 is 0 Å². The Hall–Kier alpha value is -2.13. The predicted molar refractivity (Wildman–Crippen MR) is 68.5 cm³/mol. The number of hydrogen-bond donors (Lipinski definition) is 0. The molecule has 0 bridgehead atoms. The highest BCUT2D eigenvalue weighted by molar-refractivity contribution is 8.13. The number of benzene rings is 1. The van der Waals surface area contributed by atoms with Crippen molar-refractivity contribution in [1.29, 1.82) is 0 Å². The third-order valence-electron chi connectivity index (χ3n) is 1.93. The molecule has 1 rings (SSSR count). The molecule has 0 fully saturated rings. The van der Waals surface area contributed by atoms with Gasteiger partial charge in [0.25, 0.3) is 5.69 Å². The van der Waals surface area contributed by atoms with Gasteiger partial charge in [-0.05, 0) is 12.1 Å². The van der Waals surface area contributed by atoms with Gasteiger partial charge < -0.3 is 0 Å². The molecule has 5 nitrogen and oxygen atoms in total. The van der Waals surface area contributed by atoms with E-state index in [0.717, 1.165) is 11.8 Å². The first-order valence-electron chi connectivity index (χ1n) is 4.90. The summed E-state index contributed by atoms with van der Waals surface area (Å²) in [7, 11) is 0. The molecule has 0 saturated heterocycles. The number of nitro groups is 1. The number of nitrogens with zero attached hydrogens (tertiary/aromatic N) is 1. The van der Waals surface area contributed by atoms with Gasteiger partial charge in [0.05, 0.1) is 10.7 Å². The fourth-order valence-electron chi connectivity index (χ4n) is 1.15. The Bertz CT molecular complexity index is 557. The van der Waals surface area contributed by atoms with Gasteiger partial charge in [-0.15, -0.1) is 0 Å². The van der Waals surface area contributed by atoms with E-state index in [1.165, 1.54) is 25.1 Å². The van der Waals surface area contributed by atoms with Crippen LogP contribution in [0.1, 0.15) is 22.8 Å². The average Bonchev–Trinajstić information content (AvgIpc) is 2.34. The first-order valence-corrected chi connectivity index (χ1v) is 5.89. The van der Waals surface area contributed by atoms with Crippen LogP contribution in [0.15, 0.2) is 18.2 Å². The van der Waals surface area contributed by atoms with Crippen LogP contribution in [0.2, 0.25) is 0 Å². The monoisotopic (exact) mass is 263 g/mol. The molecule has 18 heavy (non-hydrogen) atoms. The van der Waals surface area contributed by atoms with E-state index < -0.39 is 4.92 Å². The lowest BCUT2D eigenvalue weighted by molar-refractivity contribution is -0.385. The van der Waals surface area contributed by atoms with Crippen LogP contribution in [-0.4, -0.2) is 22.1 Å². The van der Waals surface area contributed by atoms with E-state index in [1.54, 1.807) is 0 Å². The molecule has 0 aromatic heterocycles. The smallest absolute Gasteiger partial charge is 0.285 e. The first-order chi connectivity index (χ1) is 8.54. The maximum absolute atomic E-state index is 10.8. The second kappa shape index (κ2) is 6.57. The molecule has 0 saturated carbocycles. The highest BCUT2D eigenvalue weighted by Crippen LogP contribution is 2.18. The topological polar surface area (TPSA) is 77.3 Å². The van der Waals surface area contributed by atoms with Crippen LogP contribution in [0.5, 0.6) is 0 Å². The van der Waals surface area contributed by atoms with E-state index in [2.05, 4.69) is 11.8 Å². The Morgan fingerprint density at radius 3 is 2.83 bits per heavy atom. The predicted octanol–water partition coefficient (Wildman–Crippen LogP) is 2.04. The number of carbonyl (C=O) groups excluding carboxylic acids is 2.